The van der Waals surface area contributed by atoms with Crippen molar-refractivity contribution >= 4 is 17.7 Å². The molecular weight excluding hydrogens is 300 g/mol. The van der Waals surface area contributed by atoms with Crippen molar-refractivity contribution in [2.24, 2.45) is 0 Å². The van der Waals surface area contributed by atoms with Gasteiger partial charge in [-0.1, -0.05) is 18.2 Å². The molecule has 2 aromatic carbocycles. The first kappa shape index (κ1) is 14.3. The van der Waals surface area contributed by atoms with Crippen molar-refractivity contribution in [1.82, 2.24) is 20.6 Å². The lowest BCUT2D eigenvalue weighted by Gasteiger charge is -2.09. The molecule has 110 valence electrons. The van der Waals surface area contributed by atoms with Gasteiger partial charge in [0.25, 0.3) is 0 Å². The number of carboxylic acids is 1. The third-order valence-corrected chi connectivity index (χ3v) is 4.00. The largest absolute Gasteiger partial charge is 0.478 e. The Morgan fingerprint density at radius 1 is 1.18 bits per heavy atom. The van der Waals surface area contributed by atoms with Crippen molar-refractivity contribution in [2.45, 2.75) is 4.90 Å². The van der Waals surface area contributed by atoms with Gasteiger partial charge in [0, 0.05) is 10.5 Å². The molecule has 2 N–H and O–H groups in total. The van der Waals surface area contributed by atoms with Crippen LogP contribution in [0.4, 0.5) is 0 Å². The summed E-state index contributed by atoms with van der Waals surface area (Å²) in [5, 5.41) is 23.1. The van der Waals surface area contributed by atoms with Gasteiger partial charge in [-0.3, -0.25) is 0 Å². The van der Waals surface area contributed by atoms with Crippen molar-refractivity contribution in [3.63, 3.8) is 0 Å². The van der Waals surface area contributed by atoms with Crippen LogP contribution < -0.4 is 0 Å². The fourth-order valence-electron chi connectivity index (χ4n) is 2.20. The van der Waals surface area contributed by atoms with E-state index in [1.165, 1.54) is 0 Å². The van der Waals surface area contributed by atoms with Gasteiger partial charge in [0.2, 0.25) is 5.82 Å². The van der Waals surface area contributed by atoms with Gasteiger partial charge in [0.05, 0.1) is 5.56 Å². The molecule has 0 atom stereocenters. The number of hydrogen-bond acceptors (Lipinski definition) is 5. The van der Waals surface area contributed by atoms with Gasteiger partial charge in [-0.05, 0) is 46.9 Å². The molecule has 0 bridgehead atoms. The Morgan fingerprint density at radius 3 is 2.64 bits per heavy atom. The summed E-state index contributed by atoms with van der Waals surface area (Å²) in [6, 6.07) is 12.9. The first-order valence-electron chi connectivity index (χ1n) is 6.44. The summed E-state index contributed by atoms with van der Waals surface area (Å²) in [6.07, 6.45) is 1.99. The predicted octanol–water partition coefficient (Wildman–Crippen LogP) is 2.95. The van der Waals surface area contributed by atoms with E-state index in [1.807, 2.05) is 36.6 Å². The minimum absolute atomic E-state index is 0.188. The Kier molecular flexibility index (Phi) is 3.88. The SMILES string of the molecule is CSc1ccccc1-c1cc(C(=O)O)cc(-c2nn[nH]n2)c1. The summed E-state index contributed by atoms with van der Waals surface area (Å²) in [4.78, 5) is 12.5. The van der Waals surface area contributed by atoms with E-state index in [2.05, 4.69) is 20.6 Å². The normalized spacial score (nSPS) is 10.6. The van der Waals surface area contributed by atoms with Crippen LogP contribution in [0.3, 0.4) is 0 Å². The Hall–Kier alpha value is -2.67. The monoisotopic (exact) mass is 312 g/mol. The van der Waals surface area contributed by atoms with Crippen molar-refractivity contribution in [3.05, 3.63) is 48.0 Å². The lowest BCUT2D eigenvalue weighted by molar-refractivity contribution is 0.0697. The average Bonchev–Trinajstić information content (AvgIpc) is 3.09. The molecule has 7 heteroatoms. The summed E-state index contributed by atoms with van der Waals surface area (Å²) in [7, 11) is 0. The lowest BCUT2D eigenvalue weighted by Crippen LogP contribution is -1.98. The molecule has 22 heavy (non-hydrogen) atoms. The molecule has 1 aromatic heterocycles. The fraction of sp³-hybridized carbons (Fsp3) is 0.0667. The number of nitrogens with zero attached hydrogens (tertiary/aromatic N) is 3. The number of aromatic amines is 1. The quantitative estimate of drug-likeness (QED) is 0.720. The van der Waals surface area contributed by atoms with Crippen molar-refractivity contribution < 1.29 is 9.90 Å². The number of thioether (sulfide) groups is 1. The molecular formula is C15H12N4O2S. The van der Waals surface area contributed by atoms with E-state index in [4.69, 9.17) is 0 Å². The zero-order valence-corrected chi connectivity index (χ0v) is 12.5. The minimum atomic E-state index is -0.992. The van der Waals surface area contributed by atoms with E-state index in [9.17, 15) is 9.90 Å². The molecule has 0 amide bonds. The molecule has 0 saturated carbocycles. The number of aromatic carboxylic acids is 1. The molecule has 0 aliphatic carbocycles. The van der Waals surface area contributed by atoms with Crippen molar-refractivity contribution in [1.29, 1.82) is 0 Å². The highest BCUT2D eigenvalue weighted by Gasteiger charge is 2.13. The molecule has 3 aromatic rings. The third-order valence-electron chi connectivity index (χ3n) is 3.20. The van der Waals surface area contributed by atoms with E-state index < -0.39 is 5.97 Å². The Labute approximate surface area is 130 Å². The Balaban J connectivity index is 2.21. The second kappa shape index (κ2) is 5.98. The smallest absolute Gasteiger partial charge is 0.335 e. The number of carboxylic acid groups (broad SMARTS) is 1. The molecule has 0 saturated heterocycles. The topological polar surface area (TPSA) is 91.8 Å². The Bertz CT molecular complexity index is 818. The van der Waals surface area contributed by atoms with Gasteiger partial charge >= 0.3 is 5.97 Å². The molecule has 1 heterocycles. The molecule has 0 aliphatic heterocycles. The van der Waals surface area contributed by atoms with E-state index in [1.54, 1.807) is 23.9 Å². The van der Waals surface area contributed by atoms with Crippen LogP contribution in [-0.2, 0) is 0 Å². The first-order chi connectivity index (χ1) is 10.7. The number of carbonyl (C=O) groups is 1. The first-order valence-corrected chi connectivity index (χ1v) is 7.67. The molecule has 0 spiro atoms. The number of nitrogens with one attached hydrogen (secondary N) is 1. The number of rotatable bonds is 4. The van der Waals surface area contributed by atoms with Crippen LogP contribution in [0, 0.1) is 0 Å². The number of H-pyrrole nitrogens is 1. The van der Waals surface area contributed by atoms with Crippen LogP contribution in [-0.4, -0.2) is 38.0 Å². The van der Waals surface area contributed by atoms with Gasteiger partial charge in [0.15, 0.2) is 0 Å². The fourth-order valence-corrected chi connectivity index (χ4v) is 2.82. The van der Waals surface area contributed by atoms with E-state index in [-0.39, 0.29) is 5.56 Å². The van der Waals surface area contributed by atoms with Gasteiger partial charge in [-0.2, -0.15) is 5.21 Å². The summed E-state index contributed by atoms with van der Waals surface area (Å²) >= 11 is 1.61. The number of aromatic nitrogens is 4. The minimum Gasteiger partial charge on any atom is -0.478 e. The highest BCUT2D eigenvalue weighted by molar-refractivity contribution is 7.98. The molecule has 6 nitrogen and oxygen atoms in total. The van der Waals surface area contributed by atoms with Gasteiger partial charge in [-0.25, -0.2) is 4.79 Å². The highest BCUT2D eigenvalue weighted by Crippen LogP contribution is 2.32. The van der Waals surface area contributed by atoms with E-state index in [0.717, 1.165) is 16.0 Å². The summed E-state index contributed by atoms with van der Waals surface area (Å²) in [5.74, 6) is -0.626. The van der Waals surface area contributed by atoms with Crippen LogP contribution in [0.15, 0.2) is 47.4 Å². The Morgan fingerprint density at radius 2 is 1.95 bits per heavy atom. The van der Waals surface area contributed by atoms with Crippen LogP contribution >= 0.6 is 11.8 Å². The van der Waals surface area contributed by atoms with Crippen LogP contribution in [0.2, 0.25) is 0 Å². The standard InChI is InChI=1S/C15H12N4O2S/c1-22-13-5-3-2-4-12(13)9-6-10(14-16-18-19-17-14)8-11(7-9)15(20)21/h2-8H,1H3,(H,20,21)(H,16,17,18,19). The maximum absolute atomic E-state index is 11.4. The summed E-state index contributed by atoms with van der Waals surface area (Å²) in [5.41, 5.74) is 2.58. The van der Waals surface area contributed by atoms with Gasteiger partial charge < -0.3 is 5.11 Å². The second-order valence-corrected chi connectivity index (χ2v) is 5.39. The molecule has 0 unspecified atom stereocenters. The van der Waals surface area contributed by atoms with E-state index >= 15 is 0 Å². The van der Waals surface area contributed by atoms with Crippen molar-refractivity contribution in [3.8, 4) is 22.5 Å². The van der Waals surface area contributed by atoms with E-state index in [0.29, 0.717) is 11.4 Å². The molecule has 0 radical (unpaired) electrons. The highest BCUT2D eigenvalue weighted by atomic mass is 32.2. The second-order valence-electron chi connectivity index (χ2n) is 4.54. The molecule has 0 aliphatic rings. The van der Waals surface area contributed by atoms with Crippen LogP contribution in [0.5, 0.6) is 0 Å². The average molecular weight is 312 g/mol. The third kappa shape index (κ3) is 2.71. The van der Waals surface area contributed by atoms with Crippen LogP contribution in [0.25, 0.3) is 22.5 Å². The van der Waals surface area contributed by atoms with Crippen molar-refractivity contribution in [2.75, 3.05) is 6.26 Å². The number of benzene rings is 2. The summed E-state index contributed by atoms with van der Waals surface area (Å²) < 4.78 is 0. The van der Waals surface area contributed by atoms with Crippen LogP contribution in [0.1, 0.15) is 10.4 Å². The molecule has 3 rings (SSSR count). The summed E-state index contributed by atoms with van der Waals surface area (Å²) in [6.45, 7) is 0. The number of tetrazole rings is 1. The number of hydrogen-bond donors (Lipinski definition) is 2. The zero-order chi connectivity index (χ0) is 15.5. The maximum Gasteiger partial charge on any atom is 0.335 e. The van der Waals surface area contributed by atoms with Gasteiger partial charge in [-0.15, -0.1) is 22.0 Å². The zero-order valence-electron chi connectivity index (χ0n) is 11.6. The predicted molar refractivity (Wildman–Crippen MR) is 83.8 cm³/mol. The lowest BCUT2D eigenvalue weighted by atomic mass is 9.99. The maximum atomic E-state index is 11.4. The molecule has 0 fully saturated rings. The van der Waals surface area contributed by atoms with Gasteiger partial charge in [0.1, 0.15) is 0 Å².